The SMILES string of the molecule is CN(CCCNS(=O)(=O)c1ccccc1C(F)(F)F)c1ccccc1. The molecule has 0 amide bonds. The minimum Gasteiger partial charge on any atom is -0.375 e. The monoisotopic (exact) mass is 372 g/mol. The maximum atomic E-state index is 13.0. The highest BCUT2D eigenvalue weighted by Gasteiger charge is 2.36. The molecule has 0 radical (unpaired) electrons. The molecule has 0 heterocycles. The Hall–Kier alpha value is -2.06. The van der Waals surface area contributed by atoms with E-state index in [0.29, 0.717) is 13.0 Å². The van der Waals surface area contributed by atoms with Crippen molar-refractivity contribution in [2.75, 3.05) is 25.0 Å². The first-order chi connectivity index (χ1) is 11.7. The summed E-state index contributed by atoms with van der Waals surface area (Å²) in [6.45, 7) is 0.610. The second-order valence-electron chi connectivity index (χ2n) is 5.50. The number of nitrogens with zero attached hydrogens (tertiary/aromatic N) is 1. The zero-order chi connectivity index (χ0) is 18.5. The summed E-state index contributed by atoms with van der Waals surface area (Å²) in [5.41, 5.74) is -0.184. The van der Waals surface area contributed by atoms with Gasteiger partial charge in [-0.25, -0.2) is 13.1 Å². The van der Waals surface area contributed by atoms with Gasteiger partial charge in [-0.1, -0.05) is 30.3 Å². The van der Waals surface area contributed by atoms with Crippen molar-refractivity contribution in [3.05, 3.63) is 60.2 Å². The number of para-hydroxylation sites is 1. The van der Waals surface area contributed by atoms with E-state index in [9.17, 15) is 21.6 Å². The van der Waals surface area contributed by atoms with Crippen molar-refractivity contribution in [3.63, 3.8) is 0 Å². The Bertz CT molecular complexity index is 793. The van der Waals surface area contributed by atoms with E-state index in [2.05, 4.69) is 4.72 Å². The van der Waals surface area contributed by atoms with Crippen LogP contribution in [0, 0.1) is 0 Å². The second kappa shape index (κ2) is 7.88. The Morgan fingerprint density at radius 2 is 1.60 bits per heavy atom. The van der Waals surface area contributed by atoms with Crippen molar-refractivity contribution in [3.8, 4) is 0 Å². The number of benzene rings is 2. The molecule has 0 unspecified atom stereocenters. The third-order valence-electron chi connectivity index (χ3n) is 3.64. The highest BCUT2D eigenvalue weighted by atomic mass is 32.2. The first kappa shape index (κ1) is 19.3. The topological polar surface area (TPSA) is 49.4 Å². The molecule has 1 N–H and O–H groups in total. The maximum absolute atomic E-state index is 13.0. The number of nitrogens with one attached hydrogen (secondary N) is 1. The van der Waals surface area contributed by atoms with Crippen molar-refractivity contribution < 1.29 is 21.6 Å². The van der Waals surface area contributed by atoms with E-state index in [1.165, 1.54) is 6.07 Å². The van der Waals surface area contributed by atoms with Crippen LogP contribution in [-0.2, 0) is 16.2 Å². The van der Waals surface area contributed by atoms with Crippen molar-refractivity contribution >= 4 is 15.7 Å². The van der Waals surface area contributed by atoms with E-state index in [1.807, 2.05) is 42.3 Å². The summed E-state index contributed by atoms with van der Waals surface area (Å²) < 4.78 is 65.5. The highest BCUT2D eigenvalue weighted by Crippen LogP contribution is 2.33. The molecule has 0 aliphatic rings. The van der Waals surface area contributed by atoms with Crippen molar-refractivity contribution in [1.29, 1.82) is 0 Å². The third-order valence-corrected chi connectivity index (χ3v) is 5.16. The normalized spacial score (nSPS) is 12.2. The van der Waals surface area contributed by atoms with Crippen molar-refractivity contribution in [2.45, 2.75) is 17.5 Å². The summed E-state index contributed by atoms with van der Waals surface area (Å²) >= 11 is 0. The van der Waals surface area contributed by atoms with Crippen LogP contribution in [0.4, 0.5) is 18.9 Å². The van der Waals surface area contributed by atoms with E-state index < -0.39 is 26.7 Å². The van der Waals surface area contributed by atoms with Gasteiger partial charge in [0, 0.05) is 25.8 Å². The number of rotatable bonds is 7. The molecule has 0 aliphatic carbocycles. The second-order valence-corrected chi connectivity index (χ2v) is 7.24. The predicted octanol–water partition coefficient (Wildman–Crippen LogP) is 3.51. The molecule has 4 nitrogen and oxygen atoms in total. The zero-order valence-corrected chi connectivity index (χ0v) is 14.4. The molecule has 2 aromatic carbocycles. The van der Waals surface area contributed by atoms with E-state index >= 15 is 0 Å². The molecule has 8 heteroatoms. The van der Waals surface area contributed by atoms with E-state index in [-0.39, 0.29) is 6.54 Å². The van der Waals surface area contributed by atoms with Crippen LogP contribution in [0.1, 0.15) is 12.0 Å². The van der Waals surface area contributed by atoms with Crippen molar-refractivity contribution in [1.82, 2.24) is 4.72 Å². The number of alkyl halides is 3. The van der Waals surface area contributed by atoms with E-state index in [4.69, 9.17) is 0 Å². The Balaban J connectivity index is 1.97. The molecule has 0 bridgehead atoms. The summed E-state index contributed by atoms with van der Waals surface area (Å²) in [5.74, 6) is 0. The molecule has 2 aromatic rings. The van der Waals surface area contributed by atoms with Gasteiger partial charge in [0.05, 0.1) is 10.5 Å². The van der Waals surface area contributed by atoms with Crippen LogP contribution in [-0.4, -0.2) is 28.6 Å². The lowest BCUT2D eigenvalue weighted by molar-refractivity contribution is -0.139. The van der Waals surface area contributed by atoms with E-state index in [1.54, 1.807) is 0 Å². The summed E-state index contributed by atoms with van der Waals surface area (Å²) in [5, 5.41) is 0. The lowest BCUT2D eigenvalue weighted by atomic mass is 10.2. The Morgan fingerprint density at radius 1 is 1.00 bits per heavy atom. The number of anilines is 1. The Morgan fingerprint density at radius 3 is 2.24 bits per heavy atom. The smallest absolute Gasteiger partial charge is 0.375 e. The first-order valence-electron chi connectivity index (χ1n) is 7.64. The van der Waals surface area contributed by atoms with Gasteiger partial charge in [0.1, 0.15) is 0 Å². The van der Waals surface area contributed by atoms with Gasteiger partial charge < -0.3 is 4.90 Å². The molecule has 0 aromatic heterocycles. The van der Waals surface area contributed by atoms with Crippen LogP contribution in [0.3, 0.4) is 0 Å². The molecule has 0 spiro atoms. The van der Waals surface area contributed by atoms with Crippen LogP contribution in [0.2, 0.25) is 0 Å². The maximum Gasteiger partial charge on any atom is 0.417 e. The molecule has 136 valence electrons. The zero-order valence-electron chi connectivity index (χ0n) is 13.6. The lowest BCUT2D eigenvalue weighted by Gasteiger charge is -2.19. The van der Waals surface area contributed by atoms with Gasteiger partial charge in [0.15, 0.2) is 0 Å². The molecule has 0 saturated carbocycles. The van der Waals surface area contributed by atoms with Gasteiger partial charge in [-0.05, 0) is 30.7 Å². The van der Waals surface area contributed by atoms with Crippen LogP contribution >= 0.6 is 0 Å². The third kappa shape index (κ3) is 5.20. The Kier molecular flexibility index (Phi) is 6.07. The van der Waals surface area contributed by atoms with Crippen LogP contribution in [0.5, 0.6) is 0 Å². The minimum absolute atomic E-state index is 0.0473. The summed E-state index contributed by atoms with van der Waals surface area (Å²) in [6, 6.07) is 13.7. The molecular weight excluding hydrogens is 353 g/mol. The molecule has 0 aliphatic heterocycles. The van der Waals surface area contributed by atoms with Gasteiger partial charge in [0.25, 0.3) is 0 Å². The first-order valence-corrected chi connectivity index (χ1v) is 9.12. The molecule has 0 atom stereocenters. The average molecular weight is 372 g/mol. The van der Waals surface area contributed by atoms with Crippen LogP contribution in [0.25, 0.3) is 0 Å². The number of hydrogen-bond donors (Lipinski definition) is 1. The largest absolute Gasteiger partial charge is 0.417 e. The fraction of sp³-hybridized carbons (Fsp3) is 0.294. The summed E-state index contributed by atoms with van der Waals surface area (Å²) in [6.07, 6.45) is -4.27. The van der Waals surface area contributed by atoms with Crippen LogP contribution < -0.4 is 9.62 Å². The van der Waals surface area contributed by atoms with E-state index in [0.717, 1.165) is 23.9 Å². The summed E-state index contributed by atoms with van der Waals surface area (Å²) in [4.78, 5) is 1.19. The number of halogens is 3. The Labute approximate surface area is 145 Å². The quantitative estimate of drug-likeness (QED) is 0.757. The van der Waals surface area contributed by atoms with Gasteiger partial charge >= 0.3 is 6.18 Å². The predicted molar refractivity (Wildman–Crippen MR) is 91.0 cm³/mol. The van der Waals surface area contributed by atoms with Crippen molar-refractivity contribution in [2.24, 2.45) is 0 Å². The highest BCUT2D eigenvalue weighted by molar-refractivity contribution is 7.89. The number of sulfonamides is 1. The standard InChI is InChI=1S/C17H19F3N2O2S/c1-22(14-8-3-2-4-9-14)13-7-12-21-25(23,24)16-11-6-5-10-15(16)17(18,19)20/h2-6,8-11,21H,7,12-13H2,1H3. The lowest BCUT2D eigenvalue weighted by Crippen LogP contribution is -2.29. The molecule has 2 rings (SSSR count). The molecule has 0 saturated heterocycles. The average Bonchev–Trinajstić information content (AvgIpc) is 2.58. The fourth-order valence-corrected chi connectivity index (χ4v) is 3.65. The minimum atomic E-state index is -4.72. The fourth-order valence-electron chi connectivity index (χ4n) is 2.35. The molecule has 0 fully saturated rings. The van der Waals surface area contributed by atoms with Gasteiger partial charge in [0.2, 0.25) is 10.0 Å². The number of hydrogen-bond acceptors (Lipinski definition) is 3. The molecule has 25 heavy (non-hydrogen) atoms. The molecular formula is C17H19F3N2O2S. The van der Waals surface area contributed by atoms with Gasteiger partial charge in [-0.3, -0.25) is 0 Å². The van der Waals surface area contributed by atoms with Gasteiger partial charge in [-0.15, -0.1) is 0 Å². The van der Waals surface area contributed by atoms with Gasteiger partial charge in [-0.2, -0.15) is 13.2 Å². The van der Waals surface area contributed by atoms with Crippen LogP contribution in [0.15, 0.2) is 59.5 Å². The summed E-state index contributed by atoms with van der Waals surface area (Å²) in [7, 11) is -2.36.